The second-order valence-corrected chi connectivity index (χ2v) is 10.9. The van der Waals surface area contributed by atoms with Gasteiger partial charge in [0.1, 0.15) is 11.4 Å². The molecule has 1 N–H and O–H groups in total. The maximum atomic E-state index is 13.4. The summed E-state index contributed by atoms with van der Waals surface area (Å²) in [5.41, 5.74) is 2.45. The number of benzene rings is 2. The van der Waals surface area contributed by atoms with E-state index in [1.807, 2.05) is 6.92 Å². The number of halogens is 1. The highest BCUT2D eigenvalue weighted by molar-refractivity contribution is 7.20. The number of nitro benzene ring substituents is 1. The molecule has 0 aliphatic carbocycles. The Labute approximate surface area is 237 Å². The van der Waals surface area contributed by atoms with Crippen molar-refractivity contribution in [2.75, 3.05) is 36.4 Å². The van der Waals surface area contributed by atoms with Crippen molar-refractivity contribution in [3.63, 3.8) is 0 Å². The fourth-order valence-electron chi connectivity index (χ4n) is 4.60. The molecule has 0 radical (unpaired) electrons. The number of hydrogen-bond acceptors (Lipinski definition) is 8. The van der Waals surface area contributed by atoms with Crippen LogP contribution in [-0.4, -0.2) is 57.4 Å². The van der Waals surface area contributed by atoms with Crippen molar-refractivity contribution in [2.45, 2.75) is 20.4 Å². The Hall–Kier alpha value is -4.29. The molecule has 3 heterocycles. The second-order valence-electron chi connectivity index (χ2n) is 9.48. The van der Waals surface area contributed by atoms with E-state index in [1.165, 1.54) is 34.4 Å². The molecule has 2 aromatic heterocycles. The molecule has 13 heteroatoms. The molecule has 2 amide bonds. The number of anilines is 2. The lowest BCUT2D eigenvalue weighted by atomic mass is 10.2. The van der Waals surface area contributed by atoms with Crippen LogP contribution in [0.25, 0.3) is 10.2 Å². The topological polar surface area (TPSA) is 131 Å². The van der Waals surface area contributed by atoms with Gasteiger partial charge in [0.05, 0.1) is 21.5 Å². The third-order valence-corrected chi connectivity index (χ3v) is 8.47. The lowest BCUT2D eigenvalue weighted by molar-refractivity contribution is -0.384. The molecule has 5 rings (SSSR count). The molecule has 4 aromatic rings. The lowest BCUT2D eigenvalue weighted by Gasteiger charge is -2.36. The van der Waals surface area contributed by atoms with Gasteiger partial charge >= 0.3 is 0 Å². The predicted molar refractivity (Wildman–Crippen MR) is 155 cm³/mol. The summed E-state index contributed by atoms with van der Waals surface area (Å²) in [5.74, 6) is -0.581. The third kappa shape index (κ3) is 5.40. The van der Waals surface area contributed by atoms with E-state index in [0.29, 0.717) is 57.5 Å². The van der Waals surface area contributed by atoms with Gasteiger partial charge in [0.15, 0.2) is 0 Å². The van der Waals surface area contributed by atoms with Gasteiger partial charge in [-0.05, 0) is 49.2 Å². The Balaban J connectivity index is 1.28. The summed E-state index contributed by atoms with van der Waals surface area (Å²) in [6, 6.07) is 11.5. The first kappa shape index (κ1) is 27.3. The fraction of sp³-hybridized carbons (Fsp3) is 0.259. The Morgan fingerprint density at radius 2 is 1.80 bits per heavy atom. The van der Waals surface area contributed by atoms with Gasteiger partial charge in [-0.25, -0.2) is 4.98 Å². The number of fused-ring (bicyclic) bond motifs is 1. The number of amides is 2. The number of nitrogens with zero attached hydrogens (tertiary/aromatic N) is 5. The average Bonchev–Trinajstić information content (AvgIpc) is 3.28. The largest absolute Gasteiger partial charge is 0.368 e. The monoisotopic (exact) mass is 580 g/mol. The molecule has 0 unspecified atom stereocenters. The number of thiophene rings is 1. The number of hydrogen-bond donors (Lipinski definition) is 1. The third-order valence-electron chi connectivity index (χ3n) is 6.87. The molecule has 0 bridgehead atoms. The molecule has 11 nitrogen and oxygen atoms in total. The summed E-state index contributed by atoms with van der Waals surface area (Å²) in [6.07, 6.45) is 1.32. The van der Waals surface area contributed by atoms with Crippen LogP contribution in [0.1, 0.15) is 20.8 Å². The molecule has 1 saturated heterocycles. The van der Waals surface area contributed by atoms with Gasteiger partial charge in [-0.15, -0.1) is 11.3 Å². The smallest absolute Gasteiger partial charge is 0.269 e. The first-order chi connectivity index (χ1) is 19.1. The van der Waals surface area contributed by atoms with Crippen LogP contribution in [0.3, 0.4) is 0 Å². The van der Waals surface area contributed by atoms with Crippen LogP contribution in [0.2, 0.25) is 5.02 Å². The number of aryl methyl sites for hydroxylation is 2. The highest BCUT2D eigenvalue weighted by Crippen LogP contribution is 2.29. The minimum atomic E-state index is -0.437. The molecule has 2 aromatic carbocycles. The van der Waals surface area contributed by atoms with Crippen LogP contribution < -0.4 is 15.8 Å². The molecule has 40 heavy (non-hydrogen) atoms. The van der Waals surface area contributed by atoms with Crippen molar-refractivity contribution < 1.29 is 14.5 Å². The summed E-state index contributed by atoms with van der Waals surface area (Å²) >= 11 is 7.30. The molecule has 0 saturated carbocycles. The van der Waals surface area contributed by atoms with Crippen molar-refractivity contribution in [3.8, 4) is 0 Å². The average molecular weight is 581 g/mol. The first-order valence-corrected chi connectivity index (χ1v) is 13.6. The van der Waals surface area contributed by atoms with Crippen LogP contribution in [0.4, 0.5) is 17.1 Å². The van der Waals surface area contributed by atoms with Crippen LogP contribution in [-0.2, 0) is 11.3 Å². The zero-order valence-corrected chi connectivity index (χ0v) is 23.3. The Morgan fingerprint density at radius 3 is 2.45 bits per heavy atom. The first-order valence-electron chi connectivity index (χ1n) is 12.5. The summed E-state index contributed by atoms with van der Waals surface area (Å²) in [6.45, 7) is 5.41. The van der Waals surface area contributed by atoms with Crippen LogP contribution in [0, 0.1) is 24.0 Å². The molecular weight excluding hydrogens is 556 g/mol. The van der Waals surface area contributed by atoms with E-state index in [4.69, 9.17) is 11.6 Å². The fourth-order valence-corrected chi connectivity index (χ4v) is 5.89. The van der Waals surface area contributed by atoms with Gasteiger partial charge in [-0.1, -0.05) is 17.7 Å². The van der Waals surface area contributed by atoms with Crippen LogP contribution >= 0.6 is 22.9 Å². The molecule has 0 spiro atoms. The van der Waals surface area contributed by atoms with E-state index in [9.17, 15) is 24.5 Å². The number of rotatable bonds is 6. The van der Waals surface area contributed by atoms with Gasteiger partial charge in [0.2, 0.25) is 5.91 Å². The number of non-ortho nitro benzene ring substituents is 1. The van der Waals surface area contributed by atoms with E-state index < -0.39 is 16.4 Å². The van der Waals surface area contributed by atoms with Crippen molar-refractivity contribution in [3.05, 3.63) is 90.3 Å². The highest BCUT2D eigenvalue weighted by atomic mass is 35.5. The van der Waals surface area contributed by atoms with Gasteiger partial charge in [0, 0.05) is 54.7 Å². The number of aromatic nitrogens is 2. The molecular formula is C27H25ClN6O5S. The zero-order valence-electron chi connectivity index (χ0n) is 21.7. The summed E-state index contributed by atoms with van der Waals surface area (Å²) in [5, 5.41) is 14.5. The quantitative estimate of drug-likeness (QED) is 0.267. The minimum Gasteiger partial charge on any atom is -0.368 e. The normalized spacial score (nSPS) is 13.5. The number of nitrogens with one attached hydrogen (secondary N) is 1. The minimum absolute atomic E-state index is 0.0299. The molecule has 1 fully saturated rings. The maximum absolute atomic E-state index is 13.4. The molecule has 1 aliphatic heterocycles. The van der Waals surface area contributed by atoms with E-state index in [-0.39, 0.29) is 18.1 Å². The number of piperazine rings is 1. The van der Waals surface area contributed by atoms with E-state index >= 15 is 0 Å². The van der Waals surface area contributed by atoms with E-state index in [2.05, 4.69) is 15.2 Å². The van der Waals surface area contributed by atoms with Crippen LogP contribution in [0.5, 0.6) is 0 Å². The molecule has 206 valence electrons. The molecule has 0 atom stereocenters. The van der Waals surface area contributed by atoms with Crippen molar-refractivity contribution in [1.29, 1.82) is 0 Å². The predicted octanol–water partition coefficient (Wildman–Crippen LogP) is 4.24. The molecule has 1 aliphatic rings. The zero-order chi connectivity index (χ0) is 28.6. The standard InChI is InChI=1S/C27H25ClN6O5S/c1-16-3-4-18(13-21(16)28)30-22(35)14-33-15-29-25-23(26(33)36)17(2)24(40-25)27(37)32-11-9-31(10-12-32)19-5-7-20(8-6-19)34(38)39/h3-8,13,15H,9-12,14H2,1-2H3,(H,30,35). The lowest BCUT2D eigenvalue weighted by Crippen LogP contribution is -2.48. The highest BCUT2D eigenvalue weighted by Gasteiger charge is 2.27. The summed E-state index contributed by atoms with van der Waals surface area (Å²) < 4.78 is 1.23. The number of carbonyl (C=O) groups excluding carboxylic acids is 2. The van der Waals surface area contributed by atoms with Crippen LogP contribution in [0.15, 0.2) is 53.6 Å². The van der Waals surface area contributed by atoms with Gasteiger partial charge < -0.3 is 15.1 Å². The number of carbonyl (C=O) groups is 2. The Kier molecular flexibility index (Phi) is 7.55. The Bertz CT molecular complexity index is 1690. The van der Waals surface area contributed by atoms with Crippen molar-refractivity contribution in [1.82, 2.24) is 14.5 Å². The second kappa shape index (κ2) is 11.1. The van der Waals surface area contributed by atoms with Gasteiger partial charge in [-0.2, -0.15) is 0 Å². The maximum Gasteiger partial charge on any atom is 0.269 e. The Morgan fingerprint density at radius 1 is 1.10 bits per heavy atom. The number of nitro groups is 1. The van der Waals surface area contributed by atoms with Crippen molar-refractivity contribution in [2.24, 2.45) is 0 Å². The SMILES string of the molecule is Cc1ccc(NC(=O)Cn2cnc3sc(C(=O)N4CCN(c5ccc([N+](=O)[O-])cc5)CC4)c(C)c3c2=O)cc1Cl. The van der Waals surface area contributed by atoms with Gasteiger partial charge in [-0.3, -0.25) is 29.1 Å². The summed E-state index contributed by atoms with van der Waals surface area (Å²) in [4.78, 5) is 58.8. The van der Waals surface area contributed by atoms with E-state index in [0.717, 1.165) is 11.3 Å². The summed E-state index contributed by atoms with van der Waals surface area (Å²) in [7, 11) is 0. The van der Waals surface area contributed by atoms with E-state index in [1.54, 1.807) is 42.2 Å². The van der Waals surface area contributed by atoms with Gasteiger partial charge in [0.25, 0.3) is 17.2 Å². The van der Waals surface area contributed by atoms with Crippen molar-refractivity contribution >= 4 is 62.0 Å².